The molecule has 3 nitrogen and oxygen atoms in total. The van der Waals surface area contributed by atoms with Gasteiger partial charge in [-0.15, -0.1) is 11.3 Å². The number of aliphatic hydroxyl groups excluding tert-OH is 1. The molecular formula is C10H13NO2S. The summed E-state index contributed by atoms with van der Waals surface area (Å²) >= 11 is 1.63. The summed E-state index contributed by atoms with van der Waals surface area (Å²) in [6.07, 6.45) is 6.20. The van der Waals surface area contributed by atoms with E-state index in [1.54, 1.807) is 17.5 Å². The quantitative estimate of drug-likeness (QED) is 0.809. The second-order valence-electron chi connectivity index (χ2n) is 4.04. The van der Waals surface area contributed by atoms with Crippen LogP contribution >= 0.6 is 11.3 Å². The molecule has 1 aromatic heterocycles. The van der Waals surface area contributed by atoms with Crippen molar-refractivity contribution >= 4 is 11.3 Å². The maximum Gasteiger partial charge on any atom is 0.0986 e. The Hall–Kier alpha value is -0.450. The van der Waals surface area contributed by atoms with Gasteiger partial charge in [-0.1, -0.05) is 0 Å². The van der Waals surface area contributed by atoms with Crippen molar-refractivity contribution < 1.29 is 9.84 Å². The molecule has 0 radical (unpaired) electrons. The van der Waals surface area contributed by atoms with E-state index in [1.807, 2.05) is 0 Å². The largest absolute Gasteiger partial charge is 0.391 e. The number of ether oxygens (including phenoxy) is 1. The lowest BCUT2D eigenvalue weighted by Gasteiger charge is -2.15. The molecule has 0 aliphatic carbocycles. The Kier molecular flexibility index (Phi) is 2.08. The number of aliphatic hydroxyl groups is 1. The minimum atomic E-state index is 0.110. The van der Waals surface area contributed by atoms with Gasteiger partial charge >= 0.3 is 0 Å². The number of rotatable bonds is 2. The lowest BCUT2D eigenvalue weighted by Crippen LogP contribution is -2.13. The van der Waals surface area contributed by atoms with Gasteiger partial charge in [0.2, 0.25) is 0 Å². The lowest BCUT2D eigenvalue weighted by molar-refractivity contribution is 0.101. The molecule has 0 aromatic carbocycles. The second-order valence-corrected chi connectivity index (χ2v) is 5.19. The number of nitrogens with zero attached hydrogens (tertiary/aromatic N) is 1. The van der Waals surface area contributed by atoms with Crippen LogP contribution in [0.2, 0.25) is 0 Å². The summed E-state index contributed by atoms with van der Waals surface area (Å²) in [6.45, 7) is 0.110. The first-order valence-electron chi connectivity index (χ1n) is 5.07. The van der Waals surface area contributed by atoms with Crippen LogP contribution in [-0.2, 0) is 11.3 Å². The van der Waals surface area contributed by atoms with Gasteiger partial charge in [0.1, 0.15) is 0 Å². The fourth-order valence-corrected chi connectivity index (χ4v) is 3.41. The summed E-state index contributed by atoms with van der Waals surface area (Å²) in [4.78, 5) is 5.33. The van der Waals surface area contributed by atoms with Crippen LogP contribution in [0.3, 0.4) is 0 Å². The van der Waals surface area contributed by atoms with Crippen LogP contribution in [0.5, 0.6) is 0 Å². The van der Waals surface area contributed by atoms with E-state index in [9.17, 15) is 0 Å². The lowest BCUT2D eigenvalue weighted by atomic mass is 9.90. The summed E-state index contributed by atoms with van der Waals surface area (Å²) in [5.41, 5.74) is 0. The number of thiazole rings is 1. The molecule has 2 saturated heterocycles. The molecule has 76 valence electrons. The molecule has 2 fully saturated rings. The Morgan fingerprint density at radius 3 is 3.07 bits per heavy atom. The average molecular weight is 211 g/mol. The zero-order valence-electron chi connectivity index (χ0n) is 7.85. The highest BCUT2D eigenvalue weighted by atomic mass is 32.1. The smallest absolute Gasteiger partial charge is 0.0986 e. The van der Waals surface area contributed by atoms with Crippen molar-refractivity contribution in [3.05, 3.63) is 16.1 Å². The standard InChI is InChI=1S/C10H13NO2S/c12-5-7-4-11-10(14-7)8-3-6-1-2-9(8)13-6/h4,6,8-9,12H,1-3,5H2. The van der Waals surface area contributed by atoms with Crippen LogP contribution in [0.25, 0.3) is 0 Å². The molecular weight excluding hydrogens is 198 g/mol. The molecule has 4 heteroatoms. The van der Waals surface area contributed by atoms with Crippen molar-refractivity contribution in [1.82, 2.24) is 4.98 Å². The second kappa shape index (κ2) is 3.29. The molecule has 14 heavy (non-hydrogen) atoms. The minimum Gasteiger partial charge on any atom is -0.391 e. The Balaban J connectivity index is 1.82. The van der Waals surface area contributed by atoms with Gasteiger partial charge < -0.3 is 9.84 Å². The molecule has 1 N–H and O–H groups in total. The number of hydrogen-bond acceptors (Lipinski definition) is 4. The first kappa shape index (κ1) is 8.83. The number of aromatic nitrogens is 1. The van der Waals surface area contributed by atoms with E-state index in [1.165, 1.54) is 12.8 Å². The van der Waals surface area contributed by atoms with E-state index >= 15 is 0 Å². The van der Waals surface area contributed by atoms with Crippen LogP contribution in [0, 0.1) is 0 Å². The minimum absolute atomic E-state index is 0.110. The molecule has 2 bridgehead atoms. The maximum absolute atomic E-state index is 8.96. The zero-order chi connectivity index (χ0) is 9.54. The third kappa shape index (κ3) is 1.29. The average Bonchev–Trinajstić information content (AvgIpc) is 2.93. The molecule has 0 amide bonds. The predicted octanol–water partition coefficient (Wildman–Crippen LogP) is 1.67. The topological polar surface area (TPSA) is 42.4 Å². The zero-order valence-corrected chi connectivity index (χ0v) is 8.67. The number of hydrogen-bond donors (Lipinski definition) is 1. The summed E-state index contributed by atoms with van der Waals surface area (Å²) in [7, 11) is 0. The van der Waals surface area contributed by atoms with Crippen molar-refractivity contribution in [2.45, 2.75) is 44.0 Å². The summed E-state index contributed by atoms with van der Waals surface area (Å²) < 4.78 is 5.79. The van der Waals surface area contributed by atoms with E-state index < -0.39 is 0 Å². The van der Waals surface area contributed by atoms with Crippen molar-refractivity contribution in [3.8, 4) is 0 Å². The van der Waals surface area contributed by atoms with Crippen LogP contribution < -0.4 is 0 Å². The highest BCUT2D eigenvalue weighted by Gasteiger charge is 2.42. The molecule has 3 atom stereocenters. The van der Waals surface area contributed by atoms with Gasteiger partial charge in [0.15, 0.2) is 0 Å². The van der Waals surface area contributed by atoms with Crippen molar-refractivity contribution in [2.24, 2.45) is 0 Å². The molecule has 1 aromatic rings. The van der Waals surface area contributed by atoms with Crippen LogP contribution in [0.15, 0.2) is 6.20 Å². The highest BCUT2D eigenvalue weighted by molar-refractivity contribution is 7.11. The SMILES string of the molecule is OCc1cnc(C2CC3CCC2O3)s1. The molecule has 0 spiro atoms. The van der Waals surface area contributed by atoms with E-state index in [0.29, 0.717) is 18.1 Å². The fourth-order valence-electron chi connectivity index (χ4n) is 2.46. The van der Waals surface area contributed by atoms with Crippen LogP contribution in [0.4, 0.5) is 0 Å². The van der Waals surface area contributed by atoms with Gasteiger partial charge in [0.25, 0.3) is 0 Å². The van der Waals surface area contributed by atoms with Gasteiger partial charge in [0.05, 0.1) is 28.7 Å². The van der Waals surface area contributed by atoms with E-state index in [-0.39, 0.29) is 6.61 Å². The molecule has 3 heterocycles. The van der Waals surface area contributed by atoms with Gasteiger partial charge in [0, 0.05) is 12.1 Å². The third-order valence-corrected chi connectivity index (χ3v) is 4.26. The summed E-state index contributed by atoms with van der Waals surface area (Å²) in [5.74, 6) is 0.499. The Labute approximate surface area is 86.7 Å². The van der Waals surface area contributed by atoms with E-state index in [2.05, 4.69) is 4.98 Å². The third-order valence-electron chi connectivity index (χ3n) is 3.15. The number of fused-ring (bicyclic) bond motifs is 2. The molecule has 3 unspecified atom stereocenters. The summed E-state index contributed by atoms with van der Waals surface area (Å²) in [5, 5.41) is 10.1. The van der Waals surface area contributed by atoms with Gasteiger partial charge in [-0.3, -0.25) is 0 Å². The van der Waals surface area contributed by atoms with E-state index in [4.69, 9.17) is 9.84 Å². The Morgan fingerprint density at radius 1 is 1.57 bits per heavy atom. The predicted molar refractivity (Wildman–Crippen MR) is 53.3 cm³/mol. The normalized spacial score (nSPS) is 35.4. The first-order chi connectivity index (χ1) is 6.86. The highest BCUT2D eigenvalue weighted by Crippen LogP contribution is 2.45. The molecule has 2 aliphatic rings. The Morgan fingerprint density at radius 2 is 2.50 bits per heavy atom. The Bertz CT molecular complexity index is 339. The van der Waals surface area contributed by atoms with Crippen molar-refractivity contribution in [1.29, 1.82) is 0 Å². The van der Waals surface area contributed by atoms with Crippen molar-refractivity contribution in [3.63, 3.8) is 0 Å². The van der Waals surface area contributed by atoms with Gasteiger partial charge in [-0.2, -0.15) is 0 Å². The van der Waals surface area contributed by atoms with Crippen molar-refractivity contribution in [2.75, 3.05) is 0 Å². The van der Waals surface area contributed by atoms with Crippen LogP contribution in [0.1, 0.15) is 35.1 Å². The van der Waals surface area contributed by atoms with Gasteiger partial charge in [-0.05, 0) is 19.3 Å². The molecule has 0 saturated carbocycles. The van der Waals surface area contributed by atoms with Crippen LogP contribution in [-0.4, -0.2) is 22.3 Å². The summed E-state index contributed by atoms with van der Waals surface area (Å²) in [6, 6.07) is 0. The molecule has 2 aliphatic heterocycles. The first-order valence-corrected chi connectivity index (χ1v) is 5.89. The maximum atomic E-state index is 8.96. The fraction of sp³-hybridized carbons (Fsp3) is 0.700. The van der Waals surface area contributed by atoms with E-state index in [0.717, 1.165) is 16.3 Å². The van der Waals surface area contributed by atoms with Gasteiger partial charge in [-0.25, -0.2) is 4.98 Å². The monoisotopic (exact) mass is 211 g/mol. The molecule has 3 rings (SSSR count).